The summed E-state index contributed by atoms with van der Waals surface area (Å²) in [6.45, 7) is 2.67. The van der Waals surface area contributed by atoms with Gasteiger partial charge in [-0.05, 0) is 36.5 Å². The van der Waals surface area contributed by atoms with Crippen LogP contribution < -0.4 is 5.32 Å². The Balaban J connectivity index is 1.80. The number of nitrogens with one attached hydrogen (secondary N) is 1. The van der Waals surface area contributed by atoms with Gasteiger partial charge in [0.1, 0.15) is 0 Å². The molecule has 2 aromatic carbocycles. The number of amides is 2. The van der Waals surface area contributed by atoms with Crippen LogP contribution in [0.15, 0.2) is 48.5 Å². The molecule has 0 spiro atoms. The second-order valence-electron chi connectivity index (χ2n) is 6.74. The van der Waals surface area contributed by atoms with Gasteiger partial charge in [0, 0.05) is 13.1 Å². The Morgan fingerprint density at radius 3 is 2.62 bits per heavy atom. The van der Waals surface area contributed by atoms with E-state index in [-0.39, 0.29) is 25.0 Å². The first-order valence-electron chi connectivity index (χ1n) is 8.94. The Morgan fingerprint density at radius 1 is 1.15 bits per heavy atom. The predicted molar refractivity (Wildman–Crippen MR) is 99.9 cm³/mol. The molecule has 0 radical (unpaired) electrons. The van der Waals surface area contributed by atoms with Crippen molar-refractivity contribution < 1.29 is 14.7 Å². The van der Waals surface area contributed by atoms with Crippen molar-refractivity contribution in [1.29, 1.82) is 0 Å². The molecule has 1 unspecified atom stereocenters. The fourth-order valence-corrected chi connectivity index (χ4v) is 3.45. The van der Waals surface area contributed by atoms with Crippen LogP contribution in [0.4, 0.5) is 4.79 Å². The highest BCUT2D eigenvalue weighted by atomic mass is 16.4. The fourth-order valence-electron chi connectivity index (χ4n) is 3.45. The second-order valence-corrected chi connectivity index (χ2v) is 6.74. The van der Waals surface area contributed by atoms with Gasteiger partial charge in [0.05, 0.1) is 12.5 Å². The predicted octanol–water partition coefficient (Wildman–Crippen LogP) is 3.67. The minimum Gasteiger partial charge on any atom is -0.481 e. The quantitative estimate of drug-likeness (QED) is 0.833. The Kier molecular flexibility index (Phi) is 5.56. The monoisotopic (exact) mass is 352 g/mol. The molecule has 1 aliphatic rings. The molecule has 26 heavy (non-hydrogen) atoms. The highest BCUT2D eigenvalue weighted by Gasteiger charge is 2.30. The van der Waals surface area contributed by atoms with Gasteiger partial charge in [0.15, 0.2) is 0 Å². The SMILES string of the molecule is Cc1ccc(CN(C(=O)NCCC(=O)O)C2CCc3ccccc32)cc1. The Morgan fingerprint density at radius 2 is 1.88 bits per heavy atom. The lowest BCUT2D eigenvalue weighted by Gasteiger charge is -2.30. The number of urea groups is 1. The summed E-state index contributed by atoms with van der Waals surface area (Å²) < 4.78 is 0. The molecule has 2 aromatic rings. The third kappa shape index (κ3) is 4.23. The first-order valence-corrected chi connectivity index (χ1v) is 8.94. The molecule has 5 heteroatoms. The number of hydrogen-bond acceptors (Lipinski definition) is 2. The van der Waals surface area contributed by atoms with E-state index in [0.29, 0.717) is 6.54 Å². The summed E-state index contributed by atoms with van der Waals surface area (Å²) in [4.78, 5) is 25.4. The molecule has 5 nitrogen and oxygen atoms in total. The van der Waals surface area contributed by atoms with Gasteiger partial charge in [-0.3, -0.25) is 4.79 Å². The Hall–Kier alpha value is -2.82. The first kappa shape index (κ1) is 18.0. The molecule has 0 aliphatic heterocycles. The van der Waals surface area contributed by atoms with Gasteiger partial charge in [-0.15, -0.1) is 0 Å². The van der Waals surface area contributed by atoms with Crippen LogP contribution in [0.5, 0.6) is 0 Å². The lowest BCUT2D eigenvalue weighted by molar-refractivity contribution is -0.136. The molecule has 0 heterocycles. The zero-order valence-corrected chi connectivity index (χ0v) is 14.9. The number of aliphatic carboxylic acids is 1. The van der Waals surface area contributed by atoms with Crippen molar-refractivity contribution in [2.75, 3.05) is 6.54 Å². The normalized spacial score (nSPS) is 15.3. The van der Waals surface area contributed by atoms with E-state index in [2.05, 4.69) is 17.4 Å². The van der Waals surface area contributed by atoms with Crippen molar-refractivity contribution >= 4 is 12.0 Å². The first-order chi connectivity index (χ1) is 12.5. The van der Waals surface area contributed by atoms with Gasteiger partial charge >= 0.3 is 12.0 Å². The number of fused-ring (bicyclic) bond motifs is 1. The molecule has 1 aliphatic carbocycles. The highest BCUT2D eigenvalue weighted by molar-refractivity contribution is 5.76. The number of hydrogen-bond donors (Lipinski definition) is 2. The van der Waals surface area contributed by atoms with Crippen molar-refractivity contribution in [3.63, 3.8) is 0 Å². The van der Waals surface area contributed by atoms with Crippen LogP contribution in [0.2, 0.25) is 0 Å². The molecule has 0 saturated heterocycles. The standard InChI is InChI=1S/C21H24N2O3/c1-15-6-8-16(9-7-15)14-23(21(26)22-13-12-20(24)25)19-11-10-17-4-2-3-5-18(17)19/h2-9,19H,10-14H2,1H3,(H,22,26)(H,24,25). The van der Waals surface area contributed by atoms with Crippen LogP contribution in [0, 0.1) is 6.92 Å². The molecule has 1 atom stereocenters. The van der Waals surface area contributed by atoms with E-state index in [4.69, 9.17) is 5.11 Å². The number of rotatable bonds is 6. The molecule has 136 valence electrons. The summed E-state index contributed by atoms with van der Waals surface area (Å²) in [7, 11) is 0. The topological polar surface area (TPSA) is 69.6 Å². The van der Waals surface area contributed by atoms with Gasteiger partial charge < -0.3 is 15.3 Å². The zero-order chi connectivity index (χ0) is 18.5. The van der Waals surface area contributed by atoms with E-state index in [1.807, 2.05) is 48.2 Å². The van der Waals surface area contributed by atoms with Crippen LogP contribution in [0.25, 0.3) is 0 Å². The number of carbonyl (C=O) groups is 2. The molecule has 0 aromatic heterocycles. The van der Waals surface area contributed by atoms with E-state index in [1.165, 1.54) is 16.7 Å². The van der Waals surface area contributed by atoms with E-state index in [0.717, 1.165) is 18.4 Å². The van der Waals surface area contributed by atoms with Crippen LogP contribution >= 0.6 is 0 Å². The van der Waals surface area contributed by atoms with Crippen molar-refractivity contribution in [3.8, 4) is 0 Å². The maximum absolute atomic E-state index is 12.8. The summed E-state index contributed by atoms with van der Waals surface area (Å²) in [5.74, 6) is -0.915. The number of carboxylic acid groups (broad SMARTS) is 1. The number of nitrogens with zero attached hydrogens (tertiary/aromatic N) is 1. The van der Waals surface area contributed by atoms with Gasteiger partial charge in [-0.25, -0.2) is 4.79 Å². The summed E-state index contributed by atoms with van der Waals surface area (Å²) in [5.41, 5.74) is 4.71. The number of carbonyl (C=O) groups excluding carboxylic acids is 1. The van der Waals surface area contributed by atoms with Crippen LogP contribution in [0.1, 0.15) is 41.1 Å². The number of carboxylic acids is 1. The highest BCUT2D eigenvalue weighted by Crippen LogP contribution is 2.36. The summed E-state index contributed by atoms with van der Waals surface area (Å²) in [6, 6.07) is 16.2. The van der Waals surface area contributed by atoms with E-state index in [9.17, 15) is 9.59 Å². The Bertz CT molecular complexity index is 786. The molecule has 0 bridgehead atoms. The van der Waals surface area contributed by atoms with Crippen molar-refractivity contribution in [2.24, 2.45) is 0 Å². The molecule has 3 rings (SSSR count). The molecule has 2 amide bonds. The van der Waals surface area contributed by atoms with Crippen molar-refractivity contribution in [2.45, 2.75) is 38.8 Å². The second kappa shape index (κ2) is 8.04. The fraction of sp³-hybridized carbons (Fsp3) is 0.333. The molecule has 0 saturated carbocycles. The third-order valence-corrected chi connectivity index (χ3v) is 4.83. The van der Waals surface area contributed by atoms with Gasteiger partial charge in [0.25, 0.3) is 0 Å². The van der Waals surface area contributed by atoms with Crippen LogP contribution in [-0.4, -0.2) is 28.6 Å². The Labute approximate surface area is 153 Å². The molecule has 0 fully saturated rings. The molecular weight excluding hydrogens is 328 g/mol. The zero-order valence-electron chi connectivity index (χ0n) is 14.9. The lowest BCUT2D eigenvalue weighted by Crippen LogP contribution is -2.42. The molecule has 2 N–H and O–H groups in total. The van der Waals surface area contributed by atoms with Gasteiger partial charge in [-0.1, -0.05) is 54.1 Å². The number of aryl methyl sites for hydroxylation is 2. The van der Waals surface area contributed by atoms with Crippen LogP contribution in [-0.2, 0) is 17.8 Å². The van der Waals surface area contributed by atoms with Crippen LogP contribution in [0.3, 0.4) is 0 Å². The number of benzene rings is 2. The minimum atomic E-state index is -0.915. The lowest BCUT2D eigenvalue weighted by atomic mass is 10.1. The maximum atomic E-state index is 12.8. The van der Waals surface area contributed by atoms with Gasteiger partial charge in [-0.2, -0.15) is 0 Å². The minimum absolute atomic E-state index is 0.0114. The summed E-state index contributed by atoms with van der Waals surface area (Å²) in [5, 5.41) is 11.6. The van der Waals surface area contributed by atoms with Gasteiger partial charge in [0.2, 0.25) is 0 Å². The summed E-state index contributed by atoms with van der Waals surface area (Å²) in [6.07, 6.45) is 1.76. The van der Waals surface area contributed by atoms with Crippen molar-refractivity contribution in [1.82, 2.24) is 10.2 Å². The van der Waals surface area contributed by atoms with E-state index < -0.39 is 5.97 Å². The van der Waals surface area contributed by atoms with E-state index in [1.54, 1.807) is 0 Å². The maximum Gasteiger partial charge on any atom is 0.318 e. The average molecular weight is 352 g/mol. The molecular formula is C21H24N2O3. The average Bonchev–Trinajstić information content (AvgIpc) is 3.04. The largest absolute Gasteiger partial charge is 0.481 e. The smallest absolute Gasteiger partial charge is 0.318 e. The summed E-state index contributed by atoms with van der Waals surface area (Å²) >= 11 is 0. The van der Waals surface area contributed by atoms with E-state index >= 15 is 0 Å². The third-order valence-electron chi connectivity index (χ3n) is 4.83. The van der Waals surface area contributed by atoms with Crippen molar-refractivity contribution in [3.05, 3.63) is 70.8 Å².